The van der Waals surface area contributed by atoms with Crippen LogP contribution < -0.4 is 10.1 Å². The summed E-state index contributed by atoms with van der Waals surface area (Å²) in [5, 5.41) is 3.47. The summed E-state index contributed by atoms with van der Waals surface area (Å²) >= 11 is 0. The Hall–Kier alpha value is -1.66. The zero-order chi connectivity index (χ0) is 16.1. The summed E-state index contributed by atoms with van der Waals surface area (Å²) in [6.45, 7) is 7.11. The minimum Gasteiger partial charge on any atom is -0.490 e. The molecule has 6 nitrogen and oxygen atoms in total. The van der Waals surface area contributed by atoms with Gasteiger partial charge in [-0.2, -0.15) is 0 Å². The standard InChI is InChI=1S/C17H26N4O2/c1-14(22)20-8-4-15(5-9-20)21-10-7-19-11-16(21)13-23-17-3-2-6-18-12-17/h2-3,6,12,15-16,19H,4-5,7-11,13H2,1H3. The Morgan fingerprint density at radius 2 is 2.22 bits per heavy atom. The first-order valence-corrected chi connectivity index (χ1v) is 8.49. The number of likely N-dealkylation sites (tertiary alicyclic amines) is 1. The number of nitrogens with zero attached hydrogens (tertiary/aromatic N) is 3. The number of piperazine rings is 1. The number of amides is 1. The Labute approximate surface area is 137 Å². The topological polar surface area (TPSA) is 57.7 Å². The lowest BCUT2D eigenvalue weighted by Crippen LogP contribution is -2.59. The summed E-state index contributed by atoms with van der Waals surface area (Å²) in [4.78, 5) is 20.1. The van der Waals surface area contributed by atoms with Crippen molar-refractivity contribution >= 4 is 5.91 Å². The largest absolute Gasteiger partial charge is 0.490 e. The van der Waals surface area contributed by atoms with Crippen LogP contribution in [0.4, 0.5) is 0 Å². The molecule has 0 bridgehead atoms. The van der Waals surface area contributed by atoms with Gasteiger partial charge in [-0.15, -0.1) is 0 Å². The molecule has 2 fully saturated rings. The monoisotopic (exact) mass is 318 g/mol. The van der Waals surface area contributed by atoms with Gasteiger partial charge in [0.05, 0.1) is 12.2 Å². The molecule has 6 heteroatoms. The fourth-order valence-corrected chi connectivity index (χ4v) is 3.55. The molecular weight excluding hydrogens is 292 g/mol. The molecule has 0 saturated carbocycles. The van der Waals surface area contributed by atoms with Crippen LogP contribution in [0.2, 0.25) is 0 Å². The molecule has 2 saturated heterocycles. The van der Waals surface area contributed by atoms with Crippen molar-refractivity contribution in [2.75, 3.05) is 39.3 Å². The first-order valence-electron chi connectivity index (χ1n) is 8.49. The number of hydrogen-bond donors (Lipinski definition) is 1. The van der Waals surface area contributed by atoms with E-state index in [1.54, 1.807) is 19.3 Å². The minimum absolute atomic E-state index is 0.195. The van der Waals surface area contributed by atoms with Gasteiger partial charge in [0.25, 0.3) is 0 Å². The molecule has 1 amide bonds. The second-order valence-electron chi connectivity index (χ2n) is 6.33. The van der Waals surface area contributed by atoms with Gasteiger partial charge in [0.1, 0.15) is 12.4 Å². The van der Waals surface area contributed by atoms with Crippen LogP contribution in [0.25, 0.3) is 0 Å². The van der Waals surface area contributed by atoms with E-state index in [2.05, 4.69) is 15.2 Å². The second-order valence-corrected chi connectivity index (χ2v) is 6.33. The summed E-state index contributed by atoms with van der Waals surface area (Å²) in [5.41, 5.74) is 0. The van der Waals surface area contributed by atoms with E-state index in [0.29, 0.717) is 18.7 Å². The highest BCUT2D eigenvalue weighted by Gasteiger charge is 2.32. The van der Waals surface area contributed by atoms with E-state index in [4.69, 9.17) is 4.74 Å². The van der Waals surface area contributed by atoms with Crippen LogP contribution >= 0.6 is 0 Å². The molecule has 23 heavy (non-hydrogen) atoms. The predicted molar refractivity (Wildman–Crippen MR) is 88.4 cm³/mol. The zero-order valence-corrected chi connectivity index (χ0v) is 13.8. The van der Waals surface area contributed by atoms with Crippen LogP contribution in [-0.2, 0) is 4.79 Å². The molecule has 0 radical (unpaired) electrons. The van der Waals surface area contributed by atoms with Crippen molar-refractivity contribution in [1.82, 2.24) is 20.1 Å². The molecule has 1 N–H and O–H groups in total. The van der Waals surface area contributed by atoms with Crippen LogP contribution in [-0.4, -0.2) is 72.1 Å². The fourth-order valence-electron chi connectivity index (χ4n) is 3.55. The number of rotatable bonds is 4. The van der Waals surface area contributed by atoms with Gasteiger partial charge in [-0.1, -0.05) is 0 Å². The maximum Gasteiger partial charge on any atom is 0.219 e. The molecule has 3 rings (SSSR count). The molecule has 0 aromatic carbocycles. The average molecular weight is 318 g/mol. The normalized spacial score (nSPS) is 23.7. The van der Waals surface area contributed by atoms with Crippen molar-refractivity contribution in [3.8, 4) is 5.75 Å². The molecule has 0 spiro atoms. The van der Waals surface area contributed by atoms with Gasteiger partial charge in [-0.3, -0.25) is 14.7 Å². The lowest BCUT2D eigenvalue weighted by Gasteiger charge is -2.44. The van der Waals surface area contributed by atoms with Gasteiger partial charge < -0.3 is 15.0 Å². The van der Waals surface area contributed by atoms with Crippen LogP contribution in [0.3, 0.4) is 0 Å². The van der Waals surface area contributed by atoms with Gasteiger partial charge in [-0.25, -0.2) is 0 Å². The summed E-state index contributed by atoms with van der Waals surface area (Å²) in [5.74, 6) is 1.02. The van der Waals surface area contributed by atoms with Crippen LogP contribution in [0, 0.1) is 0 Å². The third-order valence-electron chi connectivity index (χ3n) is 4.85. The maximum absolute atomic E-state index is 11.5. The molecule has 2 aliphatic heterocycles. The van der Waals surface area contributed by atoms with E-state index in [1.165, 1.54) is 0 Å². The Balaban J connectivity index is 1.55. The van der Waals surface area contributed by atoms with E-state index in [9.17, 15) is 4.79 Å². The van der Waals surface area contributed by atoms with Crippen molar-refractivity contribution in [2.24, 2.45) is 0 Å². The Morgan fingerprint density at radius 3 is 2.91 bits per heavy atom. The number of carbonyl (C=O) groups excluding carboxylic acids is 1. The van der Waals surface area contributed by atoms with E-state index >= 15 is 0 Å². The maximum atomic E-state index is 11.5. The number of ether oxygens (including phenoxy) is 1. The first-order chi connectivity index (χ1) is 11.2. The lowest BCUT2D eigenvalue weighted by atomic mass is 10.00. The minimum atomic E-state index is 0.195. The SMILES string of the molecule is CC(=O)N1CCC(N2CCNCC2COc2cccnc2)CC1. The van der Waals surface area contributed by atoms with Crippen LogP contribution in [0.15, 0.2) is 24.5 Å². The average Bonchev–Trinajstić information content (AvgIpc) is 2.61. The highest BCUT2D eigenvalue weighted by molar-refractivity contribution is 5.73. The number of nitrogens with one attached hydrogen (secondary N) is 1. The van der Waals surface area contributed by atoms with Crippen molar-refractivity contribution in [3.05, 3.63) is 24.5 Å². The molecule has 2 aliphatic rings. The lowest BCUT2D eigenvalue weighted by molar-refractivity contribution is -0.130. The van der Waals surface area contributed by atoms with E-state index < -0.39 is 0 Å². The van der Waals surface area contributed by atoms with Crippen molar-refractivity contribution in [1.29, 1.82) is 0 Å². The first kappa shape index (κ1) is 16.2. The van der Waals surface area contributed by atoms with Gasteiger partial charge in [0, 0.05) is 51.9 Å². The molecule has 3 heterocycles. The van der Waals surface area contributed by atoms with E-state index in [-0.39, 0.29) is 5.91 Å². The van der Waals surface area contributed by atoms with E-state index in [0.717, 1.165) is 51.3 Å². The van der Waals surface area contributed by atoms with E-state index in [1.807, 2.05) is 17.0 Å². The number of aromatic nitrogens is 1. The molecule has 1 unspecified atom stereocenters. The summed E-state index contributed by atoms with van der Waals surface area (Å²) in [7, 11) is 0. The smallest absolute Gasteiger partial charge is 0.219 e. The summed E-state index contributed by atoms with van der Waals surface area (Å²) < 4.78 is 5.92. The highest BCUT2D eigenvalue weighted by atomic mass is 16.5. The Bertz CT molecular complexity index is 503. The number of hydrogen-bond acceptors (Lipinski definition) is 5. The molecule has 1 atom stereocenters. The second kappa shape index (κ2) is 7.75. The zero-order valence-electron chi connectivity index (χ0n) is 13.8. The third kappa shape index (κ3) is 4.20. The molecule has 1 aromatic heterocycles. The van der Waals surface area contributed by atoms with Crippen molar-refractivity contribution in [2.45, 2.75) is 31.8 Å². The van der Waals surface area contributed by atoms with Crippen molar-refractivity contribution in [3.63, 3.8) is 0 Å². The molecule has 1 aromatic rings. The highest BCUT2D eigenvalue weighted by Crippen LogP contribution is 2.21. The van der Waals surface area contributed by atoms with Crippen LogP contribution in [0.5, 0.6) is 5.75 Å². The Morgan fingerprint density at radius 1 is 1.39 bits per heavy atom. The molecular formula is C17H26N4O2. The number of carbonyl (C=O) groups is 1. The van der Waals surface area contributed by atoms with Crippen molar-refractivity contribution < 1.29 is 9.53 Å². The molecule has 0 aliphatic carbocycles. The van der Waals surface area contributed by atoms with Gasteiger partial charge >= 0.3 is 0 Å². The van der Waals surface area contributed by atoms with Gasteiger partial charge in [-0.05, 0) is 25.0 Å². The van der Waals surface area contributed by atoms with Gasteiger partial charge in [0.2, 0.25) is 5.91 Å². The predicted octanol–water partition coefficient (Wildman–Crippen LogP) is 0.745. The van der Waals surface area contributed by atoms with Crippen LogP contribution in [0.1, 0.15) is 19.8 Å². The summed E-state index contributed by atoms with van der Waals surface area (Å²) in [6.07, 6.45) is 5.63. The fraction of sp³-hybridized carbons (Fsp3) is 0.647. The number of piperidine rings is 1. The Kier molecular flexibility index (Phi) is 5.46. The molecule has 126 valence electrons. The quantitative estimate of drug-likeness (QED) is 0.888. The third-order valence-corrected chi connectivity index (χ3v) is 4.85. The summed E-state index contributed by atoms with van der Waals surface area (Å²) in [6, 6.07) is 4.76. The number of pyridine rings is 1. The van der Waals surface area contributed by atoms with Gasteiger partial charge in [0.15, 0.2) is 0 Å².